The molecule has 0 aliphatic carbocycles. The van der Waals surface area contributed by atoms with Gasteiger partial charge in [0.05, 0.1) is 4.88 Å². The van der Waals surface area contributed by atoms with Crippen LogP contribution >= 0.6 is 11.3 Å². The van der Waals surface area contributed by atoms with E-state index >= 15 is 0 Å². The molecule has 136 valence electrons. The molecule has 0 unspecified atom stereocenters. The predicted octanol–water partition coefficient (Wildman–Crippen LogP) is 3.71. The Morgan fingerprint density at radius 2 is 2.00 bits per heavy atom. The lowest BCUT2D eigenvalue weighted by atomic mass is 10.2. The lowest BCUT2D eigenvalue weighted by Crippen LogP contribution is -2.29. The van der Waals surface area contributed by atoms with Gasteiger partial charge < -0.3 is 14.6 Å². The monoisotopic (exact) mass is 371 g/mol. The summed E-state index contributed by atoms with van der Waals surface area (Å²) in [6.07, 6.45) is 3.59. The molecule has 3 rings (SSSR count). The summed E-state index contributed by atoms with van der Waals surface area (Å²) < 4.78 is 10.7. The molecular formula is C19H21N3O3S. The van der Waals surface area contributed by atoms with Crippen molar-refractivity contribution in [2.45, 2.75) is 25.7 Å². The van der Waals surface area contributed by atoms with Gasteiger partial charge in [-0.2, -0.15) is 4.98 Å². The molecule has 0 saturated heterocycles. The number of rotatable bonds is 10. The Morgan fingerprint density at radius 1 is 1.12 bits per heavy atom. The Bertz CT molecular complexity index is 787. The average molecular weight is 371 g/mol. The van der Waals surface area contributed by atoms with Gasteiger partial charge in [-0.15, -0.1) is 11.3 Å². The minimum Gasteiger partial charge on any atom is -0.484 e. The fourth-order valence-corrected chi connectivity index (χ4v) is 3.03. The highest BCUT2D eigenvalue weighted by molar-refractivity contribution is 7.13. The quantitative estimate of drug-likeness (QED) is 0.550. The average Bonchev–Trinajstić information content (AvgIpc) is 3.35. The Morgan fingerprint density at radius 3 is 2.81 bits per heavy atom. The number of nitrogens with one attached hydrogen (secondary N) is 1. The number of para-hydroxylation sites is 1. The number of aromatic nitrogens is 2. The second-order valence-corrected chi connectivity index (χ2v) is 6.70. The third-order valence-electron chi connectivity index (χ3n) is 3.71. The van der Waals surface area contributed by atoms with Crippen molar-refractivity contribution in [1.82, 2.24) is 15.5 Å². The van der Waals surface area contributed by atoms with E-state index in [4.69, 9.17) is 9.26 Å². The van der Waals surface area contributed by atoms with E-state index in [0.29, 0.717) is 24.0 Å². The van der Waals surface area contributed by atoms with Crippen molar-refractivity contribution < 1.29 is 14.1 Å². The van der Waals surface area contributed by atoms with Crippen LogP contribution in [0, 0.1) is 0 Å². The summed E-state index contributed by atoms with van der Waals surface area (Å²) in [5.74, 6) is 1.91. The summed E-state index contributed by atoms with van der Waals surface area (Å²) >= 11 is 1.59. The number of nitrogens with zero attached hydrogens (tertiary/aromatic N) is 2. The Hall–Kier alpha value is -2.67. The first-order valence-corrected chi connectivity index (χ1v) is 9.50. The normalized spacial score (nSPS) is 10.6. The van der Waals surface area contributed by atoms with E-state index in [0.717, 1.165) is 30.6 Å². The van der Waals surface area contributed by atoms with E-state index in [2.05, 4.69) is 15.5 Å². The van der Waals surface area contributed by atoms with Crippen LogP contribution in [-0.2, 0) is 11.2 Å². The molecule has 0 aliphatic heterocycles. The van der Waals surface area contributed by atoms with Crippen molar-refractivity contribution in [3.05, 3.63) is 53.7 Å². The van der Waals surface area contributed by atoms with Crippen LogP contribution in [-0.4, -0.2) is 29.2 Å². The van der Waals surface area contributed by atoms with E-state index in [9.17, 15) is 4.79 Å². The first-order valence-electron chi connectivity index (χ1n) is 8.62. The fourth-order valence-electron chi connectivity index (χ4n) is 2.38. The number of ether oxygens (including phenoxy) is 1. The number of carbonyl (C=O) groups excluding carboxylic acids is 1. The molecule has 0 bridgehead atoms. The molecule has 0 atom stereocenters. The summed E-state index contributed by atoms with van der Waals surface area (Å²) in [4.78, 5) is 17.1. The van der Waals surface area contributed by atoms with Gasteiger partial charge in [-0.05, 0) is 36.4 Å². The number of benzene rings is 1. The molecule has 1 N–H and O–H groups in total. The van der Waals surface area contributed by atoms with Crippen LogP contribution in [0.3, 0.4) is 0 Å². The third-order valence-corrected chi connectivity index (χ3v) is 4.58. The van der Waals surface area contributed by atoms with Gasteiger partial charge in [-0.25, -0.2) is 0 Å². The van der Waals surface area contributed by atoms with Crippen molar-refractivity contribution in [2.24, 2.45) is 0 Å². The summed E-state index contributed by atoms with van der Waals surface area (Å²) in [7, 11) is 0. The zero-order chi connectivity index (χ0) is 18.0. The molecule has 1 amide bonds. The number of amides is 1. The zero-order valence-corrected chi connectivity index (χ0v) is 15.2. The van der Waals surface area contributed by atoms with Crippen molar-refractivity contribution >= 4 is 17.2 Å². The van der Waals surface area contributed by atoms with Crippen LogP contribution in [0.15, 0.2) is 52.4 Å². The van der Waals surface area contributed by atoms with E-state index in [1.165, 1.54) is 0 Å². The number of hydrogen-bond donors (Lipinski definition) is 1. The first kappa shape index (κ1) is 18.1. The van der Waals surface area contributed by atoms with Crippen molar-refractivity contribution in [3.63, 3.8) is 0 Å². The summed E-state index contributed by atoms with van der Waals surface area (Å²) in [6.45, 7) is 0.679. The molecular weight excluding hydrogens is 350 g/mol. The molecule has 0 radical (unpaired) electrons. The lowest BCUT2D eigenvalue weighted by molar-refractivity contribution is -0.123. The summed E-state index contributed by atoms with van der Waals surface area (Å²) in [6, 6.07) is 13.3. The van der Waals surface area contributed by atoms with Crippen LogP contribution in [0.1, 0.15) is 25.2 Å². The Kier molecular flexibility index (Phi) is 6.78. The first-order chi connectivity index (χ1) is 12.8. The maximum absolute atomic E-state index is 11.7. The largest absolute Gasteiger partial charge is 0.484 e. The number of thiophene rings is 1. The van der Waals surface area contributed by atoms with Gasteiger partial charge in [-0.1, -0.05) is 35.8 Å². The molecule has 6 nitrogen and oxygen atoms in total. The standard InChI is InChI=1S/C19H21N3O3S/c23-17(14-24-15-8-3-1-4-9-15)20-12-6-2-5-11-18-21-19(22-25-18)16-10-7-13-26-16/h1,3-4,7-10,13H,2,5-6,11-12,14H2,(H,20,23). The maximum Gasteiger partial charge on any atom is 0.257 e. The molecule has 0 saturated carbocycles. The molecule has 1 aromatic carbocycles. The minimum atomic E-state index is -0.105. The van der Waals surface area contributed by atoms with E-state index in [1.54, 1.807) is 11.3 Å². The van der Waals surface area contributed by atoms with Gasteiger partial charge in [0.2, 0.25) is 11.7 Å². The zero-order valence-electron chi connectivity index (χ0n) is 14.4. The summed E-state index contributed by atoms with van der Waals surface area (Å²) in [5.41, 5.74) is 0. The maximum atomic E-state index is 11.7. The van der Waals surface area contributed by atoms with Crippen molar-refractivity contribution in [3.8, 4) is 16.5 Å². The number of aryl methyl sites for hydroxylation is 1. The molecule has 0 fully saturated rings. The number of unbranched alkanes of at least 4 members (excludes halogenated alkanes) is 2. The van der Waals surface area contributed by atoms with Crippen LogP contribution in [0.2, 0.25) is 0 Å². The second-order valence-electron chi connectivity index (χ2n) is 5.75. The smallest absolute Gasteiger partial charge is 0.257 e. The van der Waals surface area contributed by atoms with Crippen LogP contribution in [0.25, 0.3) is 10.7 Å². The fraction of sp³-hybridized carbons (Fsp3) is 0.316. The van der Waals surface area contributed by atoms with Crippen LogP contribution in [0.5, 0.6) is 5.75 Å². The highest BCUT2D eigenvalue weighted by Crippen LogP contribution is 2.21. The summed E-state index contributed by atoms with van der Waals surface area (Å²) in [5, 5.41) is 8.85. The van der Waals surface area contributed by atoms with Gasteiger partial charge in [0, 0.05) is 13.0 Å². The van der Waals surface area contributed by atoms with Gasteiger partial charge >= 0.3 is 0 Å². The topological polar surface area (TPSA) is 77.2 Å². The Labute approximate surface area is 156 Å². The predicted molar refractivity (Wildman–Crippen MR) is 100 cm³/mol. The molecule has 2 aromatic heterocycles. The minimum absolute atomic E-state index is 0.0392. The molecule has 3 aromatic rings. The molecule has 7 heteroatoms. The lowest BCUT2D eigenvalue weighted by Gasteiger charge is -2.07. The molecule has 2 heterocycles. The SMILES string of the molecule is O=C(COc1ccccc1)NCCCCCc1nc(-c2cccs2)no1. The second kappa shape index (κ2) is 9.72. The van der Waals surface area contributed by atoms with E-state index in [-0.39, 0.29) is 12.5 Å². The van der Waals surface area contributed by atoms with E-state index in [1.807, 2.05) is 47.8 Å². The van der Waals surface area contributed by atoms with Crippen LogP contribution in [0.4, 0.5) is 0 Å². The third kappa shape index (κ3) is 5.70. The number of hydrogen-bond acceptors (Lipinski definition) is 6. The molecule has 0 aliphatic rings. The number of carbonyl (C=O) groups is 1. The van der Waals surface area contributed by atoms with Gasteiger partial charge in [-0.3, -0.25) is 4.79 Å². The van der Waals surface area contributed by atoms with Crippen LogP contribution < -0.4 is 10.1 Å². The van der Waals surface area contributed by atoms with Crippen molar-refractivity contribution in [2.75, 3.05) is 13.2 Å². The van der Waals surface area contributed by atoms with Crippen molar-refractivity contribution in [1.29, 1.82) is 0 Å². The van der Waals surface area contributed by atoms with Gasteiger partial charge in [0.1, 0.15) is 5.75 Å². The van der Waals surface area contributed by atoms with Gasteiger partial charge in [0.15, 0.2) is 6.61 Å². The Balaban J connectivity index is 1.25. The molecule has 0 spiro atoms. The van der Waals surface area contributed by atoms with Gasteiger partial charge in [0.25, 0.3) is 5.91 Å². The molecule has 26 heavy (non-hydrogen) atoms. The highest BCUT2D eigenvalue weighted by Gasteiger charge is 2.09. The van der Waals surface area contributed by atoms with E-state index < -0.39 is 0 Å². The highest BCUT2D eigenvalue weighted by atomic mass is 32.1.